The molecule has 150 valence electrons. The molecule has 0 aliphatic carbocycles. The number of nitrogens with one attached hydrogen (secondary N) is 2. The van der Waals surface area contributed by atoms with Crippen LogP contribution in [-0.4, -0.2) is 33.6 Å². The Kier molecular flexibility index (Phi) is 6.87. The van der Waals surface area contributed by atoms with Gasteiger partial charge in [-0.3, -0.25) is 4.79 Å². The van der Waals surface area contributed by atoms with Crippen molar-refractivity contribution < 1.29 is 17.9 Å². The van der Waals surface area contributed by atoms with Crippen LogP contribution in [0.25, 0.3) is 0 Å². The number of carbonyl (C=O) groups excluding carboxylic acids is 1. The minimum Gasteiger partial charge on any atom is -0.377 e. The van der Waals surface area contributed by atoms with Crippen molar-refractivity contribution in [3.63, 3.8) is 0 Å². The lowest BCUT2D eigenvalue weighted by Crippen LogP contribution is -2.32. The number of carbonyl (C=O) groups is 1. The predicted octanol–water partition coefficient (Wildman–Crippen LogP) is 3.40. The topological polar surface area (TPSA) is 84.5 Å². The number of sulfonamides is 1. The molecule has 0 spiro atoms. The van der Waals surface area contributed by atoms with E-state index in [1.54, 1.807) is 0 Å². The molecular weight excluding hydrogens is 444 g/mol. The Labute approximate surface area is 173 Å². The first-order valence-electron chi connectivity index (χ1n) is 9.13. The van der Waals surface area contributed by atoms with Crippen molar-refractivity contribution in [2.75, 3.05) is 13.2 Å². The lowest BCUT2D eigenvalue weighted by molar-refractivity contribution is 0.0939. The molecule has 28 heavy (non-hydrogen) atoms. The van der Waals surface area contributed by atoms with Crippen LogP contribution in [-0.2, 0) is 14.8 Å². The summed E-state index contributed by atoms with van der Waals surface area (Å²) < 4.78 is 33.7. The Morgan fingerprint density at radius 2 is 1.93 bits per heavy atom. The Morgan fingerprint density at radius 1 is 1.21 bits per heavy atom. The maximum Gasteiger partial charge on any atom is 0.251 e. The average molecular weight is 467 g/mol. The van der Waals surface area contributed by atoms with Crippen molar-refractivity contribution in [2.24, 2.45) is 0 Å². The van der Waals surface area contributed by atoms with Crippen molar-refractivity contribution in [1.82, 2.24) is 10.0 Å². The third kappa shape index (κ3) is 5.20. The van der Waals surface area contributed by atoms with E-state index in [0.29, 0.717) is 12.2 Å². The minimum atomic E-state index is -3.63. The Bertz CT molecular complexity index is 925. The summed E-state index contributed by atoms with van der Waals surface area (Å²) in [5, 5.41) is 2.92. The number of halogens is 1. The quantitative estimate of drug-likeness (QED) is 0.654. The Morgan fingerprint density at radius 3 is 2.57 bits per heavy atom. The van der Waals surface area contributed by atoms with Crippen LogP contribution in [0.4, 0.5) is 0 Å². The molecule has 1 amide bonds. The zero-order valence-corrected chi connectivity index (χ0v) is 17.9. The predicted molar refractivity (Wildman–Crippen MR) is 111 cm³/mol. The van der Waals surface area contributed by atoms with E-state index >= 15 is 0 Å². The minimum absolute atomic E-state index is 0.0707. The third-order valence-corrected chi connectivity index (χ3v) is 6.83. The maximum absolute atomic E-state index is 12.5. The van der Waals surface area contributed by atoms with Crippen LogP contribution in [0.15, 0.2) is 57.9 Å². The molecule has 0 aromatic heterocycles. The second-order valence-electron chi connectivity index (χ2n) is 6.73. The number of amides is 1. The lowest BCUT2D eigenvalue weighted by atomic mass is 10.1. The van der Waals surface area contributed by atoms with Gasteiger partial charge in [0.05, 0.1) is 17.0 Å². The number of rotatable bonds is 7. The summed E-state index contributed by atoms with van der Waals surface area (Å²) in [5.41, 5.74) is 1.37. The largest absolute Gasteiger partial charge is 0.377 e. The second kappa shape index (κ2) is 9.17. The zero-order chi connectivity index (χ0) is 20.1. The van der Waals surface area contributed by atoms with E-state index in [-0.39, 0.29) is 29.5 Å². The smallest absolute Gasteiger partial charge is 0.251 e. The first-order valence-corrected chi connectivity index (χ1v) is 11.4. The average Bonchev–Trinajstić information content (AvgIpc) is 3.20. The number of ether oxygens (including phenoxy) is 1. The standard InChI is InChI=1S/C20H23BrN2O4S/c1-14(18-6-2-3-7-19(18)21)23-20(24)15-8-10-17(11-9-15)28(25,26)22-13-16-5-4-12-27-16/h2-3,6-11,14,16,22H,4-5,12-13H2,1H3,(H,23,24)/t14-,16-/m0/s1. The SMILES string of the molecule is C[C@H](NC(=O)c1ccc(S(=O)(=O)NC[C@@H]2CCCO2)cc1)c1ccccc1Br. The fourth-order valence-electron chi connectivity index (χ4n) is 3.06. The van der Waals surface area contributed by atoms with E-state index in [0.717, 1.165) is 22.9 Å². The molecule has 0 radical (unpaired) electrons. The zero-order valence-electron chi connectivity index (χ0n) is 15.5. The monoisotopic (exact) mass is 466 g/mol. The van der Waals surface area contributed by atoms with Crippen LogP contribution in [0.3, 0.4) is 0 Å². The molecule has 2 atom stereocenters. The molecule has 6 nitrogen and oxygen atoms in total. The molecule has 1 aliphatic rings. The van der Waals surface area contributed by atoms with Crippen LogP contribution >= 0.6 is 15.9 Å². The van der Waals surface area contributed by atoms with E-state index in [1.165, 1.54) is 24.3 Å². The summed E-state index contributed by atoms with van der Waals surface area (Å²) in [5.74, 6) is -0.264. The van der Waals surface area contributed by atoms with Crippen LogP contribution < -0.4 is 10.0 Å². The van der Waals surface area contributed by atoms with Gasteiger partial charge in [-0.25, -0.2) is 13.1 Å². The van der Waals surface area contributed by atoms with Gasteiger partial charge in [0.15, 0.2) is 0 Å². The van der Waals surface area contributed by atoms with Crippen molar-refractivity contribution in [3.8, 4) is 0 Å². The van der Waals surface area contributed by atoms with Gasteiger partial charge in [0, 0.05) is 23.2 Å². The molecule has 2 N–H and O–H groups in total. The van der Waals surface area contributed by atoms with Gasteiger partial charge in [-0.05, 0) is 55.7 Å². The van der Waals surface area contributed by atoms with E-state index in [9.17, 15) is 13.2 Å². The third-order valence-electron chi connectivity index (χ3n) is 4.67. The fourth-order valence-corrected chi connectivity index (χ4v) is 4.76. The molecule has 8 heteroatoms. The lowest BCUT2D eigenvalue weighted by Gasteiger charge is -2.16. The van der Waals surface area contributed by atoms with Gasteiger partial charge in [-0.15, -0.1) is 0 Å². The summed E-state index contributed by atoms with van der Waals surface area (Å²) in [4.78, 5) is 12.6. The van der Waals surface area contributed by atoms with Gasteiger partial charge < -0.3 is 10.1 Å². The highest BCUT2D eigenvalue weighted by Crippen LogP contribution is 2.23. The van der Waals surface area contributed by atoms with E-state index in [2.05, 4.69) is 26.0 Å². The molecule has 2 aromatic rings. The van der Waals surface area contributed by atoms with Gasteiger partial charge in [0.2, 0.25) is 10.0 Å². The second-order valence-corrected chi connectivity index (χ2v) is 9.35. The first kappa shape index (κ1) is 21.0. The number of hydrogen-bond acceptors (Lipinski definition) is 4. The van der Waals surface area contributed by atoms with Gasteiger partial charge >= 0.3 is 0 Å². The molecular formula is C20H23BrN2O4S. The summed E-state index contributed by atoms with van der Waals surface area (Å²) in [7, 11) is -3.63. The highest BCUT2D eigenvalue weighted by molar-refractivity contribution is 9.10. The number of benzene rings is 2. The summed E-state index contributed by atoms with van der Waals surface area (Å²) in [6.45, 7) is 2.83. The first-order chi connectivity index (χ1) is 13.4. The molecule has 2 aromatic carbocycles. The van der Waals surface area contributed by atoms with Crippen LogP contribution in [0.2, 0.25) is 0 Å². The van der Waals surface area contributed by atoms with E-state index in [4.69, 9.17) is 4.74 Å². The molecule has 3 rings (SSSR count). The van der Waals surface area contributed by atoms with E-state index in [1.807, 2.05) is 31.2 Å². The Balaban J connectivity index is 1.62. The van der Waals surface area contributed by atoms with Crippen molar-refractivity contribution >= 4 is 31.9 Å². The molecule has 0 unspecified atom stereocenters. The Hall–Kier alpha value is -1.74. The molecule has 0 saturated carbocycles. The normalized spacial score (nSPS) is 18.0. The molecule has 1 saturated heterocycles. The van der Waals surface area contributed by atoms with Crippen molar-refractivity contribution in [3.05, 3.63) is 64.1 Å². The summed E-state index contributed by atoms with van der Waals surface area (Å²) in [6, 6.07) is 13.4. The molecule has 1 fully saturated rings. The maximum atomic E-state index is 12.5. The highest BCUT2D eigenvalue weighted by Gasteiger charge is 2.21. The molecule has 0 bridgehead atoms. The van der Waals surface area contributed by atoms with Crippen molar-refractivity contribution in [1.29, 1.82) is 0 Å². The van der Waals surface area contributed by atoms with Gasteiger partial charge in [-0.1, -0.05) is 34.1 Å². The van der Waals surface area contributed by atoms with Crippen LogP contribution in [0, 0.1) is 0 Å². The summed E-state index contributed by atoms with van der Waals surface area (Å²) in [6.07, 6.45) is 1.74. The van der Waals surface area contributed by atoms with Gasteiger partial charge in [-0.2, -0.15) is 0 Å². The fraction of sp³-hybridized carbons (Fsp3) is 0.350. The van der Waals surface area contributed by atoms with E-state index < -0.39 is 10.0 Å². The van der Waals surface area contributed by atoms with Gasteiger partial charge in [0.1, 0.15) is 0 Å². The highest BCUT2D eigenvalue weighted by atomic mass is 79.9. The molecule has 1 aliphatic heterocycles. The van der Waals surface area contributed by atoms with Gasteiger partial charge in [0.25, 0.3) is 5.91 Å². The summed E-state index contributed by atoms with van der Waals surface area (Å²) >= 11 is 3.48. The van der Waals surface area contributed by atoms with Crippen LogP contribution in [0.1, 0.15) is 41.7 Å². The number of hydrogen-bond donors (Lipinski definition) is 2. The molecule has 1 heterocycles. The van der Waals surface area contributed by atoms with Crippen LogP contribution in [0.5, 0.6) is 0 Å². The van der Waals surface area contributed by atoms with Crippen molar-refractivity contribution in [2.45, 2.75) is 36.8 Å².